The minimum atomic E-state index is -0.626. The van der Waals surface area contributed by atoms with E-state index in [1.807, 2.05) is 49.1 Å². The van der Waals surface area contributed by atoms with Crippen molar-refractivity contribution < 1.29 is 9.59 Å². The van der Waals surface area contributed by atoms with Gasteiger partial charge < -0.3 is 15.5 Å². The molecule has 0 saturated carbocycles. The second-order valence-corrected chi connectivity index (χ2v) is 5.69. The van der Waals surface area contributed by atoms with Crippen molar-refractivity contribution in [2.24, 2.45) is 11.7 Å². The Morgan fingerprint density at radius 2 is 1.43 bits per heavy atom. The van der Waals surface area contributed by atoms with Crippen LogP contribution >= 0.6 is 0 Å². The number of nitrogens with two attached hydrogens (primary N) is 1. The van der Waals surface area contributed by atoms with E-state index in [0.717, 1.165) is 5.56 Å². The van der Waals surface area contributed by atoms with E-state index in [9.17, 15) is 9.59 Å². The van der Waals surface area contributed by atoms with Crippen LogP contribution < -0.4 is 5.73 Å². The molecule has 1 aliphatic rings. The van der Waals surface area contributed by atoms with E-state index in [4.69, 9.17) is 5.73 Å². The minimum Gasteiger partial charge on any atom is -0.339 e. The van der Waals surface area contributed by atoms with E-state index in [-0.39, 0.29) is 17.7 Å². The first-order chi connectivity index (χ1) is 10.0. The predicted octanol–water partition coefficient (Wildman–Crippen LogP) is 1.01. The van der Waals surface area contributed by atoms with Gasteiger partial charge in [-0.2, -0.15) is 0 Å². The first kappa shape index (κ1) is 15.5. The SMILES string of the molecule is CC(C)C(=O)N1CCN(C(=O)[C@@H](N)c2ccccc2)CC1. The molecule has 0 spiro atoms. The molecule has 1 aromatic carbocycles. The highest BCUT2D eigenvalue weighted by atomic mass is 16.2. The molecule has 5 heteroatoms. The Labute approximate surface area is 125 Å². The van der Waals surface area contributed by atoms with Crippen LogP contribution in [0.3, 0.4) is 0 Å². The van der Waals surface area contributed by atoms with Crippen molar-refractivity contribution >= 4 is 11.8 Å². The van der Waals surface area contributed by atoms with Crippen molar-refractivity contribution in [3.63, 3.8) is 0 Å². The molecule has 2 amide bonds. The average molecular weight is 289 g/mol. The van der Waals surface area contributed by atoms with E-state index in [2.05, 4.69) is 0 Å². The van der Waals surface area contributed by atoms with Crippen LogP contribution in [0.5, 0.6) is 0 Å². The van der Waals surface area contributed by atoms with Crippen molar-refractivity contribution in [2.45, 2.75) is 19.9 Å². The van der Waals surface area contributed by atoms with Crippen molar-refractivity contribution in [1.82, 2.24) is 9.80 Å². The summed E-state index contributed by atoms with van der Waals surface area (Å²) in [6.07, 6.45) is 0. The standard InChI is InChI=1S/C16H23N3O2/c1-12(2)15(20)18-8-10-19(11-9-18)16(21)14(17)13-6-4-3-5-7-13/h3-7,12,14H,8-11,17H2,1-2H3/t14-/m0/s1. The molecule has 2 N–H and O–H groups in total. The monoisotopic (exact) mass is 289 g/mol. The molecule has 0 aromatic heterocycles. The first-order valence-electron chi connectivity index (χ1n) is 7.39. The largest absolute Gasteiger partial charge is 0.339 e. The van der Waals surface area contributed by atoms with E-state index in [0.29, 0.717) is 26.2 Å². The normalized spacial score (nSPS) is 17.0. The Bertz CT molecular complexity index is 494. The van der Waals surface area contributed by atoms with Crippen molar-refractivity contribution in [3.8, 4) is 0 Å². The fraction of sp³-hybridized carbons (Fsp3) is 0.500. The summed E-state index contributed by atoms with van der Waals surface area (Å²) in [5.74, 6) is 0.0751. The number of hydrogen-bond donors (Lipinski definition) is 1. The molecule has 1 fully saturated rings. The van der Waals surface area contributed by atoms with Gasteiger partial charge in [0.15, 0.2) is 0 Å². The fourth-order valence-electron chi connectivity index (χ4n) is 2.51. The smallest absolute Gasteiger partial charge is 0.244 e. The highest BCUT2D eigenvalue weighted by Gasteiger charge is 2.28. The first-order valence-corrected chi connectivity index (χ1v) is 7.39. The summed E-state index contributed by atoms with van der Waals surface area (Å²) in [5, 5.41) is 0. The molecule has 0 bridgehead atoms. The number of benzene rings is 1. The van der Waals surface area contributed by atoms with Crippen LogP contribution in [0.4, 0.5) is 0 Å². The van der Waals surface area contributed by atoms with Gasteiger partial charge in [-0.1, -0.05) is 44.2 Å². The van der Waals surface area contributed by atoms with E-state index >= 15 is 0 Å². The summed E-state index contributed by atoms with van der Waals surface area (Å²) >= 11 is 0. The van der Waals surface area contributed by atoms with Gasteiger partial charge in [-0.3, -0.25) is 9.59 Å². The summed E-state index contributed by atoms with van der Waals surface area (Å²) in [4.78, 5) is 27.9. The van der Waals surface area contributed by atoms with Crippen LogP contribution in [0, 0.1) is 5.92 Å². The maximum atomic E-state index is 12.4. The molecule has 0 aliphatic carbocycles. The minimum absolute atomic E-state index is 0.00109. The molecule has 5 nitrogen and oxygen atoms in total. The van der Waals surface area contributed by atoms with Gasteiger partial charge in [-0.15, -0.1) is 0 Å². The van der Waals surface area contributed by atoms with Crippen LogP contribution in [0.2, 0.25) is 0 Å². The second-order valence-electron chi connectivity index (χ2n) is 5.69. The van der Waals surface area contributed by atoms with Gasteiger partial charge in [0.1, 0.15) is 6.04 Å². The maximum Gasteiger partial charge on any atom is 0.244 e. The molecule has 2 rings (SSSR count). The molecule has 1 heterocycles. The van der Waals surface area contributed by atoms with E-state index < -0.39 is 6.04 Å². The number of carbonyl (C=O) groups excluding carboxylic acids is 2. The van der Waals surface area contributed by atoms with Gasteiger partial charge in [0, 0.05) is 32.1 Å². The van der Waals surface area contributed by atoms with Gasteiger partial charge in [0.25, 0.3) is 0 Å². The summed E-state index contributed by atoms with van der Waals surface area (Å²) in [7, 11) is 0. The zero-order valence-corrected chi connectivity index (χ0v) is 12.7. The third-order valence-electron chi connectivity index (χ3n) is 3.82. The highest BCUT2D eigenvalue weighted by molar-refractivity contribution is 5.83. The molecule has 0 radical (unpaired) electrons. The summed E-state index contributed by atoms with van der Waals surface area (Å²) in [5.41, 5.74) is 6.86. The third-order valence-corrected chi connectivity index (χ3v) is 3.82. The number of piperazine rings is 1. The lowest BCUT2D eigenvalue weighted by Crippen LogP contribution is -2.53. The fourth-order valence-corrected chi connectivity index (χ4v) is 2.51. The van der Waals surface area contributed by atoms with E-state index in [1.54, 1.807) is 4.90 Å². The molecule has 0 unspecified atom stereocenters. The lowest BCUT2D eigenvalue weighted by atomic mass is 10.1. The number of nitrogens with zero attached hydrogens (tertiary/aromatic N) is 2. The predicted molar refractivity (Wildman–Crippen MR) is 81.4 cm³/mol. The molecule has 1 aromatic rings. The topological polar surface area (TPSA) is 66.6 Å². The van der Waals surface area contributed by atoms with Gasteiger partial charge in [0.05, 0.1) is 0 Å². The quantitative estimate of drug-likeness (QED) is 0.903. The Morgan fingerprint density at radius 3 is 1.90 bits per heavy atom. The third kappa shape index (κ3) is 3.61. The van der Waals surface area contributed by atoms with Gasteiger partial charge in [0.2, 0.25) is 11.8 Å². The van der Waals surface area contributed by atoms with Crippen LogP contribution in [0.25, 0.3) is 0 Å². The maximum absolute atomic E-state index is 12.4. The number of amides is 2. The van der Waals surface area contributed by atoms with Crippen LogP contribution in [-0.4, -0.2) is 47.8 Å². The zero-order chi connectivity index (χ0) is 15.4. The Balaban J connectivity index is 1.93. The van der Waals surface area contributed by atoms with Crippen LogP contribution in [-0.2, 0) is 9.59 Å². The van der Waals surface area contributed by atoms with Crippen molar-refractivity contribution in [1.29, 1.82) is 0 Å². The zero-order valence-electron chi connectivity index (χ0n) is 12.7. The Hall–Kier alpha value is -1.88. The Morgan fingerprint density at radius 1 is 0.952 bits per heavy atom. The molecular formula is C16H23N3O2. The summed E-state index contributed by atoms with van der Waals surface area (Å²) in [6, 6.07) is 8.75. The second kappa shape index (κ2) is 6.72. The molecule has 114 valence electrons. The van der Waals surface area contributed by atoms with Gasteiger partial charge >= 0.3 is 0 Å². The number of rotatable bonds is 3. The average Bonchev–Trinajstić information content (AvgIpc) is 2.53. The Kier molecular flexibility index (Phi) is 4.96. The summed E-state index contributed by atoms with van der Waals surface area (Å²) in [6.45, 7) is 6.07. The van der Waals surface area contributed by atoms with E-state index in [1.165, 1.54) is 0 Å². The number of hydrogen-bond acceptors (Lipinski definition) is 3. The molecule has 1 aliphatic heterocycles. The number of carbonyl (C=O) groups is 2. The molecular weight excluding hydrogens is 266 g/mol. The van der Waals surface area contributed by atoms with Crippen molar-refractivity contribution in [2.75, 3.05) is 26.2 Å². The molecule has 1 saturated heterocycles. The van der Waals surface area contributed by atoms with Crippen LogP contribution in [0.1, 0.15) is 25.5 Å². The summed E-state index contributed by atoms with van der Waals surface area (Å²) < 4.78 is 0. The molecule has 1 atom stereocenters. The highest BCUT2D eigenvalue weighted by Crippen LogP contribution is 2.15. The van der Waals surface area contributed by atoms with Crippen molar-refractivity contribution in [3.05, 3.63) is 35.9 Å². The lowest BCUT2D eigenvalue weighted by Gasteiger charge is -2.36. The molecule has 21 heavy (non-hydrogen) atoms. The van der Waals surface area contributed by atoms with Gasteiger partial charge in [-0.25, -0.2) is 0 Å². The lowest BCUT2D eigenvalue weighted by molar-refractivity contribution is -0.142. The van der Waals surface area contributed by atoms with Crippen LogP contribution in [0.15, 0.2) is 30.3 Å². The van der Waals surface area contributed by atoms with Gasteiger partial charge in [-0.05, 0) is 5.56 Å².